The third-order valence-electron chi connectivity index (χ3n) is 5.93. The van der Waals surface area contributed by atoms with Crippen LogP contribution in [0.2, 0.25) is 0 Å². The quantitative estimate of drug-likeness (QED) is 0.0619. The highest BCUT2D eigenvalue weighted by molar-refractivity contribution is 7.80. The molecule has 3 amide bonds. The Bertz CT molecular complexity index is 986. The molecule has 0 bridgehead atoms. The maximum atomic E-state index is 13.0. The van der Waals surface area contributed by atoms with Crippen LogP contribution in [0.25, 0.3) is 0 Å². The average Bonchev–Trinajstić information content (AvgIpc) is 3.35. The summed E-state index contributed by atoms with van der Waals surface area (Å²) in [6.07, 6.45) is 1.79. The van der Waals surface area contributed by atoms with Gasteiger partial charge in [-0.05, 0) is 43.4 Å². The van der Waals surface area contributed by atoms with Crippen molar-refractivity contribution >= 4 is 42.3 Å². The maximum absolute atomic E-state index is 13.0. The first-order valence-electron chi connectivity index (χ1n) is 11.9. The Morgan fingerprint density at radius 3 is 2.41 bits per heavy atom. The number of thiol groups is 1. The number of nitrogens with zero attached hydrogens (tertiary/aromatic N) is 2. The smallest absolute Gasteiger partial charge is 0.326 e. The van der Waals surface area contributed by atoms with Crippen LogP contribution in [-0.2, 0) is 25.6 Å². The van der Waals surface area contributed by atoms with Gasteiger partial charge in [0.15, 0.2) is 5.96 Å². The van der Waals surface area contributed by atoms with Crippen molar-refractivity contribution in [3.63, 3.8) is 0 Å². The SMILES string of the molecule is NC(N)=NCCCC(N)C(=O)N1CCCC1C(=O)NC(CS)C(=O)NC(Cc1ccc(O)cc1)C(=O)O. The van der Waals surface area contributed by atoms with Crippen molar-refractivity contribution in [2.45, 2.75) is 56.3 Å². The number of carboxylic acid groups (broad SMARTS) is 1. The van der Waals surface area contributed by atoms with Crippen molar-refractivity contribution in [3.05, 3.63) is 29.8 Å². The molecule has 0 aromatic heterocycles. The Morgan fingerprint density at radius 2 is 1.81 bits per heavy atom. The first kappa shape index (κ1) is 29.7. The van der Waals surface area contributed by atoms with Crippen molar-refractivity contribution in [1.29, 1.82) is 0 Å². The molecular formula is C23H35N7O6S. The molecule has 1 heterocycles. The molecule has 0 aliphatic carbocycles. The lowest BCUT2D eigenvalue weighted by atomic mass is 10.1. The van der Waals surface area contributed by atoms with Gasteiger partial charge < -0.3 is 42.9 Å². The monoisotopic (exact) mass is 537 g/mol. The molecule has 0 radical (unpaired) electrons. The van der Waals surface area contributed by atoms with Gasteiger partial charge in [0, 0.05) is 25.3 Å². The van der Waals surface area contributed by atoms with E-state index in [1.165, 1.54) is 17.0 Å². The summed E-state index contributed by atoms with van der Waals surface area (Å²) < 4.78 is 0. The van der Waals surface area contributed by atoms with Gasteiger partial charge in [0.1, 0.15) is 23.9 Å². The number of nitrogens with two attached hydrogens (primary N) is 3. The van der Waals surface area contributed by atoms with E-state index in [0.29, 0.717) is 44.3 Å². The Balaban J connectivity index is 1.97. The molecule has 4 unspecified atom stereocenters. The standard InChI is InChI=1S/C23H35N7O6S/c24-15(3-1-9-27-23(25)26)21(34)30-10-2-4-18(30)20(33)29-17(12-37)19(32)28-16(22(35)36)11-13-5-7-14(31)8-6-13/h5-8,15-18,31,37H,1-4,9-12,24H2,(H,28,32)(H,29,33)(H,35,36)(H4,25,26,27). The van der Waals surface area contributed by atoms with Gasteiger partial charge in [-0.1, -0.05) is 12.1 Å². The van der Waals surface area contributed by atoms with E-state index in [0.717, 1.165) is 0 Å². The Morgan fingerprint density at radius 1 is 1.14 bits per heavy atom. The number of aliphatic carboxylic acids is 1. The Kier molecular flexibility index (Phi) is 11.5. The number of phenolic OH excluding ortho intramolecular Hbond substituents is 1. The molecule has 1 aromatic rings. The second-order valence-electron chi connectivity index (χ2n) is 8.76. The van der Waals surface area contributed by atoms with Crippen molar-refractivity contribution in [2.75, 3.05) is 18.8 Å². The van der Waals surface area contributed by atoms with Crippen LogP contribution in [0.15, 0.2) is 29.3 Å². The summed E-state index contributed by atoms with van der Waals surface area (Å²) in [7, 11) is 0. The molecule has 4 atom stereocenters. The predicted octanol–water partition coefficient (Wildman–Crippen LogP) is -1.71. The van der Waals surface area contributed by atoms with Crippen LogP contribution in [-0.4, -0.2) is 87.8 Å². The second kappa shape index (κ2) is 14.3. The lowest BCUT2D eigenvalue weighted by Gasteiger charge is -2.28. The van der Waals surface area contributed by atoms with Crippen LogP contribution in [0.3, 0.4) is 0 Å². The van der Waals surface area contributed by atoms with Crippen LogP contribution in [0, 0.1) is 0 Å². The number of nitrogens with one attached hydrogen (secondary N) is 2. The summed E-state index contributed by atoms with van der Waals surface area (Å²) in [4.78, 5) is 55.6. The highest BCUT2D eigenvalue weighted by atomic mass is 32.1. The summed E-state index contributed by atoms with van der Waals surface area (Å²) in [6, 6.07) is 1.90. The number of aliphatic imine (C=N–C) groups is 1. The van der Waals surface area contributed by atoms with Crippen LogP contribution >= 0.6 is 12.6 Å². The molecule has 14 heteroatoms. The van der Waals surface area contributed by atoms with Crippen molar-refractivity contribution in [2.24, 2.45) is 22.2 Å². The molecule has 1 aliphatic heterocycles. The number of carbonyl (C=O) groups is 4. The van der Waals surface area contributed by atoms with Crippen LogP contribution in [0.5, 0.6) is 5.75 Å². The predicted molar refractivity (Wildman–Crippen MR) is 140 cm³/mol. The van der Waals surface area contributed by atoms with Gasteiger partial charge in [-0.15, -0.1) is 0 Å². The molecule has 204 valence electrons. The van der Waals surface area contributed by atoms with Crippen molar-refractivity contribution in [1.82, 2.24) is 15.5 Å². The van der Waals surface area contributed by atoms with Crippen molar-refractivity contribution in [3.8, 4) is 5.75 Å². The number of aromatic hydroxyl groups is 1. The first-order chi connectivity index (χ1) is 17.5. The van der Waals surface area contributed by atoms with Crippen LogP contribution < -0.4 is 27.8 Å². The average molecular weight is 538 g/mol. The fourth-order valence-electron chi connectivity index (χ4n) is 3.96. The topological polar surface area (TPSA) is 226 Å². The zero-order valence-electron chi connectivity index (χ0n) is 20.4. The molecule has 1 aromatic carbocycles. The minimum absolute atomic E-state index is 0.0272. The molecule has 13 nitrogen and oxygen atoms in total. The number of guanidine groups is 1. The summed E-state index contributed by atoms with van der Waals surface area (Å²) >= 11 is 4.13. The number of likely N-dealkylation sites (tertiary alicyclic amines) is 1. The fourth-order valence-corrected chi connectivity index (χ4v) is 4.22. The summed E-state index contributed by atoms with van der Waals surface area (Å²) in [5, 5.41) is 23.9. The largest absolute Gasteiger partial charge is 0.508 e. The Labute approximate surface area is 220 Å². The van der Waals surface area contributed by atoms with E-state index in [1.54, 1.807) is 12.1 Å². The normalized spacial score (nSPS) is 17.4. The highest BCUT2D eigenvalue weighted by Crippen LogP contribution is 2.19. The minimum atomic E-state index is -1.27. The van der Waals surface area contributed by atoms with E-state index in [4.69, 9.17) is 17.2 Å². The van der Waals surface area contributed by atoms with E-state index in [1.807, 2.05) is 0 Å². The first-order valence-corrected chi connectivity index (χ1v) is 12.5. The molecule has 1 aliphatic rings. The molecule has 37 heavy (non-hydrogen) atoms. The lowest BCUT2D eigenvalue weighted by molar-refractivity contribution is -0.143. The number of benzene rings is 1. The molecule has 1 fully saturated rings. The van der Waals surface area contributed by atoms with E-state index >= 15 is 0 Å². The minimum Gasteiger partial charge on any atom is -0.508 e. The van der Waals surface area contributed by atoms with E-state index in [2.05, 4.69) is 28.3 Å². The molecule has 10 N–H and O–H groups in total. The molecular weight excluding hydrogens is 502 g/mol. The highest BCUT2D eigenvalue weighted by Gasteiger charge is 2.37. The molecule has 1 saturated heterocycles. The van der Waals surface area contributed by atoms with Gasteiger partial charge >= 0.3 is 5.97 Å². The zero-order chi connectivity index (χ0) is 27.5. The third-order valence-corrected chi connectivity index (χ3v) is 6.29. The van der Waals surface area contributed by atoms with E-state index in [-0.39, 0.29) is 29.8 Å². The van der Waals surface area contributed by atoms with Crippen molar-refractivity contribution < 1.29 is 29.4 Å². The van der Waals surface area contributed by atoms with Crippen LogP contribution in [0.1, 0.15) is 31.2 Å². The number of rotatable bonds is 13. The molecule has 0 saturated carbocycles. The summed E-state index contributed by atoms with van der Waals surface area (Å²) in [5.74, 6) is -3.01. The Hall–Kier alpha value is -3.52. The number of phenols is 1. The van der Waals surface area contributed by atoms with E-state index in [9.17, 15) is 29.4 Å². The molecule has 2 rings (SSSR count). The zero-order valence-corrected chi connectivity index (χ0v) is 21.3. The summed E-state index contributed by atoms with van der Waals surface area (Å²) in [6.45, 7) is 0.681. The number of carbonyl (C=O) groups excluding carboxylic acids is 3. The van der Waals surface area contributed by atoms with Crippen LogP contribution in [0.4, 0.5) is 0 Å². The number of hydrogen-bond donors (Lipinski definition) is 8. The van der Waals surface area contributed by atoms with Gasteiger partial charge in [-0.2, -0.15) is 12.6 Å². The maximum Gasteiger partial charge on any atom is 0.326 e. The van der Waals surface area contributed by atoms with E-state index < -0.39 is 42.0 Å². The van der Waals surface area contributed by atoms with Gasteiger partial charge in [-0.3, -0.25) is 19.4 Å². The molecule has 0 spiro atoms. The third kappa shape index (κ3) is 9.13. The number of hydrogen-bond acceptors (Lipinski definition) is 8. The lowest BCUT2D eigenvalue weighted by Crippen LogP contribution is -2.57. The van der Waals surface area contributed by atoms with Gasteiger partial charge in [0.05, 0.1) is 6.04 Å². The number of carboxylic acids is 1. The van der Waals surface area contributed by atoms with Gasteiger partial charge in [0.25, 0.3) is 0 Å². The summed E-state index contributed by atoms with van der Waals surface area (Å²) in [5.41, 5.74) is 17.2. The second-order valence-corrected chi connectivity index (χ2v) is 9.12. The van der Waals surface area contributed by atoms with Gasteiger partial charge in [0.2, 0.25) is 17.7 Å². The number of amides is 3. The fraction of sp³-hybridized carbons (Fsp3) is 0.522. The van der Waals surface area contributed by atoms with Gasteiger partial charge in [-0.25, -0.2) is 4.79 Å².